The summed E-state index contributed by atoms with van der Waals surface area (Å²) in [6.45, 7) is 7.38. The van der Waals surface area contributed by atoms with E-state index in [1.807, 2.05) is 27.7 Å². The van der Waals surface area contributed by atoms with Gasteiger partial charge in [0.2, 0.25) is 11.8 Å². The molecule has 162 valence electrons. The fraction of sp³-hybridized carbons (Fsp3) is 0.778. The Morgan fingerprint density at radius 3 is 1.32 bits per heavy atom. The first kappa shape index (κ1) is 25.8. The number of ether oxygens (including phenoxy) is 2. The average molecular weight is 402 g/mol. The summed E-state index contributed by atoms with van der Waals surface area (Å²) in [6, 6.07) is -1.25. The van der Waals surface area contributed by atoms with Crippen LogP contribution in [0.15, 0.2) is 0 Å². The third kappa shape index (κ3) is 11.5. The van der Waals surface area contributed by atoms with E-state index in [1.165, 1.54) is 0 Å². The molecule has 2 amide bonds. The van der Waals surface area contributed by atoms with Crippen LogP contribution < -0.4 is 22.1 Å². The molecule has 10 nitrogen and oxygen atoms in total. The van der Waals surface area contributed by atoms with E-state index in [0.29, 0.717) is 0 Å². The predicted molar refractivity (Wildman–Crippen MR) is 103 cm³/mol. The molecule has 6 N–H and O–H groups in total. The molecule has 0 heterocycles. The van der Waals surface area contributed by atoms with Crippen LogP contribution in [0.1, 0.15) is 40.5 Å². The molecular formula is C18H34N4O6. The zero-order valence-electron chi connectivity index (χ0n) is 17.2. The zero-order valence-corrected chi connectivity index (χ0v) is 17.2. The Morgan fingerprint density at radius 2 is 1.04 bits per heavy atom. The molecule has 2 atom stereocenters. The van der Waals surface area contributed by atoms with E-state index in [4.69, 9.17) is 20.9 Å². The zero-order chi connectivity index (χ0) is 21.7. The number of rotatable bonds is 13. The third-order valence-corrected chi connectivity index (χ3v) is 3.91. The van der Waals surface area contributed by atoms with Crippen molar-refractivity contribution in [3.05, 3.63) is 0 Å². The molecule has 0 spiro atoms. The summed E-state index contributed by atoms with van der Waals surface area (Å²) in [5.74, 6) is -1.69. The maximum Gasteiger partial charge on any atom is 0.307 e. The highest BCUT2D eigenvalue weighted by molar-refractivity contribution is 5.82. The van der Waals surface area contributed by atoms with Crippen molar-refractivity contribution in [2.24, 2.45) is 23.3 Å². The van der Waals surface area contributed by atoms with Crippen molar-refractivity contribution in [1.82, 2.24) is 10.6 Å². The highest BCUT2D eigenvalue weighted by Crippen LogP contribution is 1.99. The van der Waals surface area contributed by atoms with Gasteiger partial charge in [-0.15, -0.1) is 0 Å². The normalized spacial score (nSPS) is 13.0. The van der Waals surface area contributed by atoms with Crippen LogP contribution in [0.5, 0.6) is 0 Å². The van der Waals surface area contributed by atoms with Gasteiger partial charge in [-0.1, -0.05) is 27.7 Å². The van der Waals surface area contributed by atoms with Crippen molar-refractivity contribution in [2.75, 3.05) is 26.3 Å². The van der Waals surface area contributed by atoms with Crippen LogP contribution >= 0.6 is 0 Å². The lowest BCUT2D eigenvalue weighted by atomic mass is 10.1. The molecule has 0 radical (unpaired) electrons. The Hall–Kier alpha value is -2.20. The lowest BCUT2D eigenvalue weighted by Crippen LogP contribution is -2.44. The molecule has 0 fully saturated rings. The van der Waals surface area contributed by atoms with E-state index in [9.17, 15) is 19.2 Å². The maximum absolute atomic E-state index is 11.6. The van der Waals surface area contributed by atoms with Gasteiger partial charge in [-0.2, -0.15) is 0 Å². The van der Waals surface area contributed by atoms with Gasteiger partial charge in [-0.3, -0.25) is 19.2 Å². The molecule has 28 heavy (non-hydrogen) atoms. The third-order valence-electron chi connectivity index (χ3n) is 3.91. The van der Waals surface area contributed by atoms with E-state index in [2.05, 4.69) is 10.6 Å². The number of nitrogens with two attached hydrogens (primary N) is 2. The molecule has 2 unspecified atom stereocenters. The first-order valence-electron chi connectivity index (χ1n) is 9.44. The Balaban J connectivity index is 3.75. The fourth-order valence-electron chi connectivity index (χ4n) is 1.87. The first-order chi connectivity index (χ1) is 13.1. The molecule has 0 aliphatic rings. The average Bonchev–Trinajstić information content (AvgIpc) is 2.63. The predicted octanol–water partition coefficient (Wildman–Crippen LogP) is -0.948. The lowest BCUT2D eigenvalue weighted by Gasteiger charge is -2.15. The summed E-state index contributed by atoms with van der Waals surface area (Å²) < 4.78 is 9.80. The molecule has 0 aliphatic heterocycles. The Bertz CT molecular complexity index is 478. The SMILES string of the molecule is CC(C)C(N)C(=O)NCCC(=O)OCCOC(=O)CCNC(=O)C(N)C(C)C. The quantitative estimate of drug-likeness (QED) is 0.226. The standard InChI is InChI=1S/C18H34N4O6/c1-11(2)15(19)17(25)21-7-5-13(23)27-9-10-28-14(24)6-8-22-18(26)16(20)12(3)4/h11-12,15-16H,5-10,19-20H2,1-4H3,(H,21,25)(H,22,26). The van der Waals surface area contributed by atoms with Crippen molar-refractivity contribution < 1.29 is 28.7 Å². The number of hydrogen-bond acceptors (Lipinski definition) is 8. The highest BCUT2D eigenvalue weighted by atomic mass is 16.6. The molecule has 0 aliphatic carbocycles. The van der Waals surface area contributed by atoms with Gasteiger partial charge in [0.05, 0.1) is 24.9 Å². The van der Waals surface area contributed by atoms with Crippen molar-refractivity contribution in [1.29, 1.82) is 0 Å². The number of carbonyl (C=O) groups is 4. The number of carbonyl (C=O) groups excluding carboxylic acids is 4. The summed E-state index contributed by atoms with van der Waals surface area (Å²) in [7, 11) is 0. The van der Waals surface area contributed by atoms with Crippen LogP contribution in [0.3, 0.4) is 0 Å². The summed E-state index contributed by atoms with van der Waals surface area (Å²) in [5.41, 5.74) is 11.4. The minimum absolute atomic E-state index is 0.00176. The smallest absolute Gasteiger partial charge is 0.307 e. The van der Waals surface area contributed by atoms with E-state index < -0.39 is 24.0 Å². The summed E-state index contributed by atoms with van der Waals surface area (Å²) in [5, 5.41) is 5.11. The van der Waals surface area contributed by atoms with E-state index in [1.54, 1.807) is 0 Å². The number of amides is 2. The van der Waals surface area contributed by atoms with E-state index in [0.717, 1.165) is 0 Å². The van der Waals surface area contributed by atoms with Gasteiger partial charge in [0, 0.05) is 13.1 Å². The second kappa shape index (κ2) is 13.9. The van der Waals surface area contributed by atoms with Gasteiger partial charge in [0.1, 0.15) is 13.2 Å². The van der Waals surface area contributed by atoms with Gasteiger partial charge >= 0.3 is 11.9 Å². The second-order valence-electron chi connectivity index (χ2n) is 7.06. The summed E-state index contributed by atoms with van der Waals surface area (Å²) in [6.07, 6.45) is -0.0146. The van der Waals surface area contributed by atoms with Crippen LogP contribution in [-0.4, -0.2) is 62.1 Å². The first-order valence-corrected chi connectivity index (χ1v) is 9.44. The molecule has 0 saturated carbocycles. The molecule has 0 rings (SSSR count). The maximum atomic E-state index is 11.6. The molecule has 0 saturated heterocycles. The largest absolute Gasteiger partial charge is 0.462 e. The molecule has 0 aromatic heterocycles. The Kier molecular flexibility index (Phi) is 12.8. The molecule has 10 heteroatoms. The van der Waals surface area contributed by atoms with Crippen LogP contribution in [0.2, 0.25) is 0 Å². The minimum atomic E-state index is -0.624. The second-order valence-corrected chi connectivity index (χ2v) is 7.06. The van der Waals surface area contributed by atoms with Gasteiger partial charge in [0.15, 0.2) is 0 Å². The highest BCUT2D eigenvalue weighted by Gasteiger charge is 2.18. The van der Waals surface area contributed by atoms with Crippen molar-refractivity contribution in [3.8, 4) is 0 Å². The van der Waals surface area contributed by atoms with Crippen LogP contribution in [0, 0.1) is 11.8 Å². The molecule has 0 aromatic carbocycles. The van der Waals surface area contributed by atoms with Gasteiger partial charge in [-0.05, 0) is 11.8 Å². The number of nitrogens with one attached hydrogen (secondary N) is 2. The lowest BCUT2D eigenvalue weighted by molar-refractivity contribution is -0.152. The summed E-state index contributed by atoms with van der Waals surface area (Å²) in [4.78, 5) is 46.3. The van der Waals surface area contributed by atoms with Gasteiger partial charge in [-0.25, -0.2) is 0 Å². The molecule has 0 bridgehead atoms. The van der Waals surface area contributed by atoms with Gasteiger partial charge in [0.25, 0.3) is 0 Å². The fourth-order valence-corrected chi connectivity index (χ4v) is 1.87. The van der Waals surface area contributed by atoms with E-state index in [-0.39, 0.29) is 62.8 Å². The Morgan fingerprint density at radius 1 is 0.714 bits per heavy atom. The van der Waals surface area contributed by atoms with E-state index >= 15 is 0 Å². The van der Waals surface area contributed by atoms with Crippen molar-refractivity contribution in [2.45, 2.75) is 52.6 Å². The van der Waals surface area contributed by atoms with Crippen LogP contribution in [0.4, 0.5) is 0 Å². The number of esters is 2. The topological polar surface area (TPSA) is 163 Å². The molecular weight excluding hydrogens is 368 g/mol. The molecule has 0 aromatic rings. The van der Waals surface area contributed by atoms with Crippen LogP contribution in [0.25, 0.3) is 0 Å². The van der Waals surface area contributed by atoms with Crippen molar-refractivity contribution >= 4 is 23.8 Å². The Labute approximate surface area is 166 Å². The van der Waals surface area contributed by atoms with Crippen molar-refractivity contribution in [3.63, 3.8) is 0 Å². The summed E-state index contributed by atoms with van der Waals surface area (Å²) >= 11 is 0. The monoisotopic (exact) mass is 402 g/mol. The van der Waals surface area contributed by atoms with Gasteiger partial charge < -0.3 is 31.6 Å². The number of hydrogen-bond donors (Lipinski definition) is 4. The minimum Gasteiger partial charge on any atom is -0.462 e. The van der Waals surface area contributed by atoms with Crippen LogP contribution in [-0.2, 0) is 28.7 Å².